The van der Waals surface area contributed by atoms with Gasteiger partial charge in [-0.25, -0.2) is 0 Å². The Bertz CT molecular complexity index is 190. The molecule has 4 heteroatoms. The second kappa shape index (κ2) is 9.20. The third kappa shape index (κ3) is 7.29. The molecule has 0 spiro atoms. The summed E-state index contributed by atoms with van der Waals surface area (Å²) in [6.07, 6.45) is 3.55. The molecule has 0 N–H and O–H groups in total. The molecular weight excluding hydrogens is 234 g/mol. The van der Waals surface area contributed by atoms with Gasteiger partial charge in [-0.1, -0.05) is 13.8 Å². The first-order valence-electron chi connectivity index (χ1n) is 6.63. The van der Waals surface area contributed by atoms with E-state index in [-0.39, 0.29) is 6.10 Å². The van der Waals surface area contributed by atoms with Crippen molar-refractivity contribution in [3.8, 4) is 0 Å². The summed E-state index contributed by atoms with van der Waals surface area (Å²) in [6.45, 7) is 10.3. The van der Waals surface area contributed by atoms with Crippen LogP contribution in [0.3, 0.4) is 0 Å². The molecule has 17 heavy (non-hydrogen) atoms. The van der Waals surface area contributed by atoms with Gasteiger partial charge in [0.15, 0.2) is 0 Å². The molecule has 0 aliphatic carbocycles. The first kappa shape index (κ1) is 15.3. The van der Waals surface area contributed by atoms with Crippen molar-refractivity contribution in [1.82, 2.24) is 4.90 Å². The summed E-state index contributed by atoms with van der Waals surface area (Å²) in [6, 6.07) is 0. The summed E-state index contributed by atoms with van der Waals surface area (Å²) >= 11 is 1.88. The van der Waals surface area contributed by atoms with Crippen molar-refractivity contribution in [2.45, 2.75) is 26.4 Å². The van der Waals surface area contributed by atoms with Gasteiger partial charge in [0.1, 0.15) is 0 Å². The Hall–Kier alpha value is 0.230. The van der Waals surface area contributed by atoms with Crippen LogP contribution in [-0.2, 0) is 9.47 Å². The summed E-state index contributed by atoms with van der Waals surface area (Å²) in [5.41, 5.74) is 0. The second-order valence-electron chi connectivity index (χ2n) is 5.07. The van der Waals surface area contributed by atoms with Crippen LogP contribution < -0.4 is 0 Å². The van der Waals surface area contributed by atoms with Crippen molar-refractivity contribution in [3.05, 3.63) is 0 Å². The molecule has 1 atom stereocenters. The van der Waals surface area contributed by atoms with Gasteiger partial charge in [0.05, 0.1) is 19.3 Å². The third-order valence-electron chi connectivity index (χ3n) is 2.79. The molecule has 3 nitrogen and oxygen atoms in total. The number of morpholine rings is 1. The number of nitrogens with zero attached hydrogens (tertiary/aromatic N) is 1. The molecule has 1 aliphatic heterocycles. The van der Waals surface area contributed by atoms with Crippen molar-refractivity contribution >= 4 is 11.8 Å². The van der Waals surface area contributed by atoms with Crippen molar-refractivity contribution < 1.29 is 9.47 Å². The highest BCUT2D eigenvalue weighted by atomic mass is 32.2. The molecule has 0 aromatic carbocycles. The van der Waals surface area contributed by atoms with Gasteiger partial charge in [0.25, 0.3) is 0 Å². The van der Waals surface area contributed by atoms with Crippen LogP contribution in [0, 0.1) is 5.92 Å². The van der Waals surface area contributed by atoms with Gasteiger partial charge in [-0.05, 0) is 24.3 Å². The molecule has 0 aromatic heterocycles. The lowest BCUT2D eigenvalue weighted by Gasteiger charge is -2.33. The molecule has 1 heterocycles. The molecule has 0 aromatic rings. The van der Waals surface area contributed by atoms with Gasteiger partial charge in [0.2, 0.25) is 0 Å². The van der Waals surface area contributed by atoms with Crippen molar-refractivity contribution in [2.24, 2.45) is 5.92 Å². The van der Waals surface area contributed by atoms with Crippen LogP contribution in [0.5, 0.6) is 0 Å². The number of rotatable bonds is 8. The molecule has 0 bridgehead atoms. The minimum Gasteiger partial charge on any atom is -0.379 e. The first-order chi connectivity index (χ1) is 8.22. The average molecular weight is 261 g/mol. The van der Waals surface area contributed by atoms with E-state index < -0.39 is 0 Å². The summed E-state index contributed by atoms with van der Waals surface area (Å²) < 4.78 is 11.4. The van der Waals surface area contributed by atoms with E-state index in [0.717, 1.165) is 45.2 Å². The predicted molar refractivity (Wildman–Crippen MR) is 74.8 cm³/mol. The Morgan fingerprint density at radius 2 is 2.29 bits per heavy atom. The maximum absolute atomic E-state index is 5.72. The summed E-state index contributed by atoms with van der Waals surface area (Å²) in [4.78, 5) is 2.49. The van der Waals surface area contributed by atoms with Crippen LogP contribution in [-0.4, -0.2) is 62.5 Å². The van der Waals surface area contributed by atoms with E-state index in [4.69, 9.17) is 9.47 Å². The Morgan fingerprint density at radius 1 is 1.47 bits per heavy atom. The second-order valence-corrected chi connectivity index (χ2v) is 6.05. The highest BCUT2D eigenvalue weighted by Crippen LogP contribution is 2.08. The Morgan fingerprint density at radius 3 is 3.00 bits per heavy atom. The SMILES string of the molecule is CSCCCOC[C@@H]1CN(CC(C)C)CCO1. The summed E-state index contributed by atoms with van der Waals surface area (Å²) in [5, 5.41) is 0. The molecule has 0 saturated carbocycles. The summed E-state index contributed by atoms with van der Waals surface area (Å²) in [7, 11) is 0. The van der Waals surface area contributed by atoms with Gasteiger partial charge in [-0.2, -0.15) is 11.8 Å². The quantitative estimate of drug-likeness (QED) is 0.624. The minimum atomic E-state index is 0.275. The molecule has 0 amide bonds. The standard InChI is InChI=1S/C13H27NO2S/c1-12(2)9-14-5-7-16-13(10-14)11-15-6-4-8-17-3/h12-13H,4-11H2,1-3H3/t13-/m0/s1. The van der Waals surface area contributed by atoms with Gasteiger partial charge in [0, 0.05) is 26.2 Å². The fourth-order valence-corrected chi connectivity index (χ4v) is 2.49. The molecule has 1 aliphatic rings. The van der Waals surface area contributed by atoms with E-state index in [0.29, 0.717) is 0 Å². The largest absolute Gasteiger partial charge is 0.379 e. The highest BCUT2D eigenvalue weighted by Gasteiger charge is 2.20. The monoisotopic (exact) mass is 261 g/mol. The zero-order valence-corrected chi connectivity index (χ0v) is 12.3. The lowest BCUT2D eigenvalue weighted by atomic mass is 10.2. The van der Waals surface area contributed by atoms with E-state index in [1.54, 1.807) is 0 Å². The average Bonchev–Trinajstić information content (AvgIpc) is 2.28. The van der Waals surface area contributed by atoms with Crippen molar-refractivity contribution in [1.29, 1.82) is 0 Å². The maximum Gasteiger partial charge on any atom is 0.0935 e. The number of hydrogen-bond donors (Lipinski definition) is 0. The zero-order valence-electron chi connectivity index (χ0n) is 11.5. The highest BCUT2D eigenvalue weighted by molar-refractivity contribution is 7.98. The molecule has 0 unspecified atom stereocenters. The molecule has 0 radical (unpaired) electrons. The number of hydrogen-bond acceptors (Lipinski definition) is 4. The Balaban J connectivity index is 2.08. The normalized spacial score (nSPS) is 22.2. The zero-order chi connectivity index (χ0) is 12.5. The lowest BCUT2D eigenvalue weighted by Crippen LogP contribution is -2.45. The smallest absolute Gasteiger partial charge is 0.0935 e. The molecule has 1 fully saturated rings. The Kier molecular flexibility index (Phi) is 8.27. The predicted octanol–water partition coefficient (Wildman–Crippen LogP) is 2.11. The van der Waals surface area contributed by atoms with Crippen molar-refractivity contribution in [2.75, 3.05) is 51.5 Å². The fraction of sp³-hybridized carbons (Fsp3) is 1.00. The lowest BCUT2D eigenvalue weighted by molar-refractivity contribution is -0.0708. The molecule has 1 rings (SSSR count). The molecule has 102 valence electrons. The van der Waals surface area contributed by atoms with Crippen LogP contribution in [0.4, 0.5) is 0 Å². The van der Waals surface area contributed by atoms with Gasteiger partial charge >= 0.3 is 0 Å². The van der Waals surface area contributed by atoms with Gasteiger partial charge in [-0.15, -0.1) is 0 Å². The van der Waals surface area contributed by atoms with E-state index in [2.05, 4.69) is 25.0 Å². The maximum atomic E-state index is 5.72. The molecular formula is C13H27NO2S. The van der Waals surface area contributed by atoms with Crippen LogP contribution in [0.15, 0.2) is 0 Å². The van der Waals surface area contributed by atoms with Crippen LogP contribution in [0.1, 0.15) is 20.3 Å². The third-order valence-corrected chi connectivity index (χ3v) is 3.48. The Labute approximate surface area is 110 Å². The minimum absolute atomic E-state index is 0.275. The number of thioether (sulfide) groups is 1. The van der Waals surface area contributed by atoms with E-state index in [9.17, 15) is 0 Å². The van der Waals surface area contributed by atoms with E-state index >= 15 is 0 Å². The molecule has 1 saturated heterocycles. The first-order valence-corrected chi connectivity index (χ1v) is 8.02. The van der Waals surface area contributed by atoms with E-state index in [1.807, 2.05) is 11.8 Å². The van der Waals surface area contributed by atoms with Gasteiger partial charge in [-0.3, -0.25) is 4.90 Å². The van der Waals surface area contributed by atoms with Crippen LogP contribution in [0.2, 0.25) is 0 Å². The van der Waals surface area contributed by atoms with Gasteiger partial charge < -0.3 is 9.47 Å². The number of ether oxygens (including phenoxy) is 2. The van der Waals surface area contributed by atoms with Crippen LogP contribution >= 0.6 is 11.8 Å². The summed E-state index contributed by atoms with van der Waals surface area (Å²) in [5.74, 6) is 1.92. The van der Waals surface area contributed by atoms with Crippen molar-refractivity contribution in [3.63, 3.8) is 0 Å². The van der Waals surface area contributed by atoms with Crippen LogP contribution in [0.25, 0.3) is 0 Å². The fourth-order valence-electron chi connectivity index (χ4n) is 2.08. The topological polar surface area (TPSA) is 21.7 Å². The van der Waals surface area contributed by atoms with E-state index in [1.165, 1.54) is 12.3 Å².